The Morgan fingerprint density at radius 3 is 2.84 bits per heavy atom. The second kappa shape index (κ2) is 8.16. The summed E-state index contributed by atoms with van der Waals surface area (Å²) >= 11 is 1.73. The van der Waals surface area contributed by atoms with E-state index in [1.165, 1.54) is 6.07 Å². The van der Waals surface area contributed by atoms with Crippen LogP contribution in [0, 0.1) is 12.7 Å². The molecule has 0 fully saturated rings. The number of ether oxygens (including phenoxy) is 1. The summed E-state index contributed by atoms with van der Waals surface area (Å²) in [6, 6.07) is 12.9. The summed E-state index contributed by atoms with van der Waals surface area (Å²) < 4.78 is 24.3. The molecular weight excluding hydrogens is 339 g/mol. The van der Waals surface area contributed by atoms with Crippen LogP contribution >= 0.6 is 11.8 Å². The van der Waals surface area contributed by atoms with E-state index in [1.54, 1.807) is 37.9 Å². The number of nitrogens with zero attached hydrogens (tertiary/aromatic N) is 2. The van der Waals surface area contributed by atoms with E-state index < -0.39 is 0 Å². The zero-order chi connectivity index (χ0) is 17.6. The van der Waals surface area contributed by atoms with Crippen molar-refractivity contribution in [1.29, 1.82) is 0 Å². The zero-order valence-corrected chi connectivity index (χ0v) is 15.0. The number of aromatic nitrogens is 2. The fraction of sp³-hybridized carbons (Fsp3) is 0.263. The van der Waals surface area contributed by atoms with Gasteiger partial charge in [-0.2, -0.15) is 4.98 Å². The predicted octanol–water partition coefficient (Wildman–Crippen LogP) is 4.92. The molecule has 0 bridgehead atoms. The molecule has 0 atom stereocenters. The second-order valence-corrected chi connectivity index (χ2v) is 6.72. The average molecular weight is 358 g/mol. The van der Waals surface area contributed by atoms with E-state index in [0.717, 1.165) is 22.8 Å². The van der Waals surface area contributed by atoms with Crippen molar-refractivity contribution >= 4 is 11.8 Å². The van der Waals surface area contributed by atoms with Crippen LogP contribution in [0.3, 0.4) is 0 Å². The van der Waals surface area contributed by atoms with Crippen LogP contribution in [0.15, 0.2) is 51.9 Å². The van der Waals surface area contributed by atoms with Gasteiger partial charge in [-0.1, -0.05) is 29.4 Å². The van der Waals surface area contributed by atoms with Crippen LogP contribution in [0.5, 0.6) is 5.75 Å². The summed E-state index contributed by atoms with van der Waals surface area (Å²) in [5, 5.41) is 3.94. The highest BCUT2D eigenvalue weighted by atomic mass is 32.2. The highest BCUT2D eigenvalue weighted by Gasteiger charge is 2.10. The minimum absolute atomic E-state index is 0.267. The molecule has 4 nitrogen and oxygen atoms in total. The molecule has 0 saturated heterocycles. The Labute approximate surface area is 150 Å². The van der Waals surface area contributed by atoms with Crippen LogP contribution in [0.4, 0.5) is 4.39 Å². The number of halogens is 1. The lowest BCUT2D eigenvalue weighted by Gasteiger charge is -2.06. The summed E-state index contributed by atoms with van der Waals surface area (Å²) in [4.78, 5) is 5.47. The number of hydrogen-bond donors (Lipinski definition) is 0. The first kappa shape index (κ1) is 17.5. The summed E-state index contributed by atoms with van der Waals surface area (Å²) in [7, 11) is 1.67. The molecule has 0 spiro atoms. The van der Waals surface area contributed by atoms with Crippen LogP contribution in [-0.2, 0) is 6.42 Å². The molecule has 0 unspecified atom stereocenters. The number of rotatable bonds is 7. The van der Waals surface area contributed by atoms with E-state index in [2.05, 4.69) is 10.1 Å². The van der Waals surface area contributed by atoms with Gasteiger partial charge in [0.2, 0.25) is 11.7 Å². The number of methoxy groups -OCH3 is 1. The highest BCUT2D eigenvalue weighted by Crippen LogP contribution is 2.29. The van der Waals surface area contributed by atoms with Gasteiger partial charge in [-0.3, -0.25) is 0 Å². The molecule has 0 aliphatic heterocycles. The van der Waals surface area contributed by atoms with Gasteiger partial charge in [-0.05, 0) is 42.9 Å². The molecule has 3 aromatic rings. The quantitative estimate of drug-likeness (QED) is 0.443. The summed E-state index contributed by atoms with van der Waals surface area (Å²) in [5.41, 5.74) is 1.22. The molecule has 0 radical (unpaired) electrons. The van der Waals surface area contributed by atoms with Gasteiger partial charge in [-0.15, -0.1) is 11.8 Å². The summed E-state index contributed by atoms with van der Waals surface area (Å²) in [5.74, 6) is 2.52. The molecule has 0 N–H and O–H groups in total. The number of hydrogen-bond acceptors (Lipinski definition) is 5. The fourth-order valence-corrected chi connectivity index (χ4v) is 3.33. The van der Waals surface area contributed by atoms with Crippen LogP contribution in [0.2, 0.25) is 0 Å². The number of thioether (sulfide) groups is 1. The van der Waals surface area contributed by atoms with E-state index in [0.29, 0.717) is 29.3 Å². The van der Waals surface area contributed by atoms with Crippen molar-refractivity contribution in [2.45, 2.75) is 24.7 Å². The minimum atomic E-state index is -0.267. The first-order valence-corrected chi connectivity index (χ1v) is 9.01. The van der Waals surface area contributed by atoms with Crippen LogP contribution < -0.4 is 4.74 Å². The molecular formula is C19H19FN2O2S. The number of benzene rings is 2. The molecule has 0 saturated carbocycles. The van der Waals surface area contributed by atoms with Crippen LogP contribution in [0.1, 0.15) is 17.9 Å². The Hall–Kier alpha value is -2.34. The van der Waals surface area contributed by atoms with Crippen LogP contribution in [-0.4, -0.2) is 23.0 Å². The van der Waals surface area contributed by atoms with Gasteiger partial charge in [-0.25, -0.2) is 4.39 Å². The van der Waals surface area contributed by atoms with Crippen molar-refractivity contribution in [3.63, 3.8) is 0 Å². The maximum Gasteiger partial charge on any atom is 0.226 e. The monoisotopic (exact) mass is 358 g/mol. The Kier molecular flexibility index (Phi) is 5.71. The molecule has 1 aromatic heterocycles. The Morgan fingerprint density at radius 1 is 1.20 bits per heavy atom. The minimum Gasteiger partial charge on any atom is -0.496 e. The van der Waals surface area contributed by atoms with Crippen molar-refractivity contribution in [2.75, 3.05) is 12.9 Å². The van der Waals surface area contributed by atoms with Gasteiger partial charge < -0.3 is 9.26 Å². The fourth-order valence-electron chi connectivity index (χ4n) is 2.35. The molecule has 25 heavy (non-hydrogen) atoms. The predicted molar refractivity (Wildman–Crippen MR) is 96.5 cm³/mol. The summed E-state index contributed by atoms with van der Waals surface area (Å²) in [6.45, 7) is 1.72. The van der Waals surface area contributed by atoms with Gasteiger partial charge in [0.05, 0.1) is 7.11 Å². The molecule has 130 valence electrons. The molecule has 1 heterocycles. The summed E-state index contributed by atoms with van der Waals surface area (Å²) in [6.07, 6.45) is 1.58. The van der Waals surface area contributed by atoms with Crippen molar-refractivity contribution in [2.24, 2.45) is 0 Å². The van der Waals surface area contributed by atoms with Gasteiger partial charge in [0.1, 0.15) is 11.6 Å². The SMILES string of the molecule is COc1ccccc1SCCCc1nc(-c2ccc(C)c(F)c2)no1. The maximum atomic E-state index is 13.6. The van der Waals surface area contributed by atoms with E-state index >= 15 is 0 Å². The van der Waals surface area contributed by atoms with E-state index in [1.807, 2.05) is 24.3 Å². The van der Waals surface area contributed by atoms with Crippen LogP contribution in [0.25, 0.3) is 11.4 Å². The number of para-hydroxylation sites is 1. The lowest BCUT2D eigenvalue weighted by molar-refractivity contribution is 0.378. The van der Waals surface area contributed by atoms with Gasteiger partial charge in [0, 0.05) is 16.9 Å². The third-order valence-corrected chi connectivity index (χ3v) is 4.90. The lowest BCUT2D eigenvalue weighted by atomic mass is 10.1. The van der Waals surface area contributed by atoms with Gasteiger partial charge in [0.25, 0.3) is 0 Å². The van der Waals surface area contributed by atoms with E-state index in [9.17, 15) is 4.39 Å². The molecule has 0 aliphatic carbocycles. The smallest absolute Gasteiger partial charge is 0.226 e. The van der Waals surface area contributed by atoms with Gasteiger partial charge >= 0.3 is 0 Å². The molecule has 0 amide bonds. The Balaban J connectivity index is 1.54. The van der Waals surface area contributed by atoms with Crippen molar-refractivity contribution in [3.8, 4) is 17.1 Å². The molecule has 0 aliphatic rings. The standard InChI is InChI=1S/C19H19FN2O2S/c1-13-9-10-14(12-15(13)20)19-21-18(24-22-19)8-5-11-25-17-7-4-3-6-16(17)23-2/h3-4,6-7,9-10,12H,5,8,11H2,1-2H3. The van der Waals surface area contributed by atoms with E-state index in [-0.39, 0.29) is 5.82 Å². The maximum absolute atomic E-state index is 13.6. The normalized spacial score (nSPS) is 10.8. The molecule has 6 heteroatoms. The molecule has 2 aromatic carbocycles. The highest BCUT2D eigenvalue weighted by molar-refractivity contribution is 7.99. The average Bonchev–Trinajstić information content (AvgIpc) is 3.10. The topological polar surface area (TPSA) is 48.2 Å². The van der Waals surface area contributed by atoms with Crippen molar-refractivity contribution < 1.29 is 13.7 Å². The van der Waals surface area contributed by atoms with Crippen molar-refractivity contribution in [1.82, 2.24) is 10.1 Å². The first-order valence-electron chi connectivity index (χ1n) is 8.02. The van der Waals surface area contributed by atoms with Gasteiger partial charge in [0.15, 0.2) is 0 Å². The lowest BCUT2D eigenvalue weighted by Crippen LogP contribution is -1.91. The second-order valence-electron chi connectivity index (χ2n) is 5.58. The Bertz CT molecular complexity index is 851. The van der Waals surface area contributed by atoms with Crippen molar-refractivity contribution in [3.05, 3.63) is 59.7 Å². The third-order valence-electron chi connectivity index (χ3n) is 3.76. The van der Waals surface area contributed by atoms with E-state index in [4.69, 9.17) is 9.26 Å². The first-order chi connectivity index (χ1) is 12.2. The largest absolute Gasteiger partial charge is 0.496 e. The Morgan fingerprint density at radius 2 is 2.04 bits per heavy atom. The third kappa shape index (κ3) is 4.39. The molecule has 3 rings (SSSR count). The zero-order valence-electron chi connectivity index (χ0n) is 14.2. The number of aryl methyl sites for hydroxylation is 2.